The predicted molar refractivity (Wildman–Crippen MR) is 32.3 cm³/mol. The molecule has 0 aromatic rings. The van der Waals surface area contributed by atoms with Crippen LogP contribution in [0, 0.1) is 0 Å². The van der Waals surface area contributed by atoms with Gasteiger partial charge < -0.3 is 9.64 Å². The minimum atomic E-state index is 0.862. The minimum absolute atomic E-state index is 0.862. The summed E-state index contributed by atoms with van der Waals surface area (Å²) in [6.07, 6.45) is 4.82. The van der Waals surface area contributed by atoms with E-state index in [0.717, 1.165) is 19.6 Å². The van der Waals surface area contributed by atoms with Gasteiger partial charge in [-0.15, -0.1) is 0 Å². The van der Waals surface area contributed by atoms with Crippen molar-refractivity contribution in [1.29, 1.82) is 0 Å². The molecular formula is C6H11NO. The Hall–Kier alpha value is -0.660. The predicted octanol–water partition coefficient (Wildman–Crippen LogP) is 0.810. The van der Waals surface area contributed by atoms with Gasteiger partial charge in [-0.05, 0) is 6.42 Å². The molecule has 2 nitrogen and oxygen atoms in total. The fraction of sp³-hybridized carbons (Fsp3) is 0.667. The van der Waals surface area contributed by atoms with Crippen LogP contribution in [-0.2, 0) is 4.74 Å². The highest BCUT2D eigenvalue weighted by Gasteiger charge is 1.94. The third kappa shape index (κ3) is 1.45. The topological polar surface area (TPSA) is 12.5 Å². The van der Waals surface area contributed by atoms with Crippen LogP contribution in [0.1, 0.15) is 6.42 Å². The third-order valence-corrected chi connectivity index (χ3v) is 1.18. The van der Waals surface area contributed by atoms with Crippen molar-refractivity contribution in [2.75, 3.05) is 20.2 Å². The Morgan fingerprint density at radius 2 is 2.50 bits per heavy atom. The van der Waals surface area contributed by atoms with Crippen LogP contribution in [0.2, 0.25) is 0 Å². The zero-order valence-corrected chi connectivity index (χ0v) is 5.13. The summed E-state index contributed by atoms with van der Waals surface area (Å²) in [7, 11) is 2.05. The van der Waals surface area contributed by atoms with Crippen molar-refractivity contribution in [2.45, 2.75) is 6.42 Å². The summed E-state index contributed by atoms with van der Waals surface area (Å²) >= 11 is 0. The van der Waals surface area contributed by atoms with Crippen molar-refractivity contribution < 1.29 is 4.74 Å². The van der Waals surface area contributed by atoms with Gasteiger partial charge in [0.15, 0.2) is 0 Å². The van der Waals surface area contributed by atoms with E-state index in [-0.39, 0.29) is 0 Å². The SMILES string of the molecule is CN1C=COCCC1. The number of hydrogen-bond donors (Lipinski definition) is 0. The normalized spacial score (nSPS) is 19.9. The lowest BCUT2D eigenvalue weighted by Gasteiger charge is -2.07. The summed E-state index contributed by atoms with van der Waals surface area (Å²) in [4.78, 5) is 2.12. The lowest BCUT2D eigenvalue weighted by atomic mass is 10.4. The standard InChI is InChI=1S/C6H11NO/c1-7-3-2-5-8-6-4-7/h4,6H,2-3,5H2,1H3. The van der Waals surface area contributed by atoms with E-state index in [4.69, 9.17) is 4.74 Å². The van der Waals surface area contributed by atoms with Crippen molar-refractivity contribution in [3.63, 3.8) is 0 Å². The molecule has 1 rings (SSSR count). The fourth-order valence-corrected chi connectivity index (χ4v) is 0.687. The first kappa shape index (κ1) is 5.48. The lowest BCUT2D eigenvalue weighted by Crippen LogP contribution is -2.10. The second kappa shape index (κ2) is 2.60. The quantitative estimate of drug-likeness (QED) is 0.461. The molecule has 0 atom stereocenters. The Kier molecular flexibility index (Phi) is 1.78. The van der Waals surface area contributed by atoms with Crippen molar-refractivity contribution in [1.82, 2.24) is 4.90 Å². The number of nitrogens with zero attached hydrogens (tertiary/aromatic N) is 1. The van der Waals surface area contributed by atoms with E-state index >= 15 is 0 Å². The first-order valence-corrected chi connectivity index (χ1v) is 2.88. The number of ether oxygens (including phenoxy) is 1. The molecule has 0 fully saturated rings. The van der Waals surface area contributed by atoms with E-state index in [0.29, 0.717) is 0 Å². The smallest absolute Gasteiger partial charge is 0.0987 e. The van der Waals surface area contributed by atoms with E-state index in [1.165, 1.54) is 0 Å². The van der Waals surface area contributed by atoms with Crippen molar-refractivity contribution in [3.8, 4) is 0 Å². The maximum atomic E-state index is 5.04. The molecule has 0 N–H and O–H groups in total. The Balaban J connectivity index is 2.33. The zero-order chi connectivity index (χ0) is 5.82. The van der Waals surface area contributed by atoms with E-state index in [1.807, 2.05) is 13.2 Å². The summed E-state index contributed by atoms with van der Waals surface area (Å²) in [5, 5.41) is 0. The van der Waals surface area contributed by atoms with E-state index in [2.05, 4.69) is 4.90 Å². The van der Waals surface area contributed by atoms with Gasteiger partial charge in [-0.1, -0.05) is 0 Å². The van der Waals surface area contributed by atoms with Crippen molar-refractivity contribution >= 4 is 0 Å². The van der Waals surface area contributed by atoms with Gasteiger partial charge in [0.05, 0.1) is 12.9 Å². The van der Waals surface area contributed by atoms with Gasteiger partial charge in [0.2, 0.25) is 0 Å². The maximum absolute atomic E-state index is 5.04. The van der Waals surface area contributed by atoms with Crippen LogP contribution in [-0.4, -0.2) is 25.1 Å². The zero-order valence-electron chi connectivity index (χ0n) is 5.13. The molecule has 8 heavy (non-hydrogen) atoms. The molecule has 0 aromatic heterocycles. The third-order valence-electron chi connectivity index (χ3n) is 1.18. The van der Waals surface area contributed by atoms with Crippen LogP contribution < -0.4 is 0 Å². The van der Waals surface area contributed by atoms with Crippen molar-refractivity contribution in [3.05, 3.63) is 12.5 Å². The van der Waals surface area contributed by atoms with Crippen LogP contribution in [0.15, 0.2) is 12.5 Å². The summed E-state index contributed by atoms with van der Waals surface area (Å²) in [5.74, 6) is 0. The number of hydrogen-bond acceptors (Lipinski definition) is 2. The largest absolute Gasteiger partial charge is 0.500 e. The van der Waals surface area contributed by atoms with Crippen LogP contribution >= 0.6 is 0 Å². The second-order valence-corrected chi connectivity index (χ2v) is 1.99. The highest BCUT2D eigenvalue weighted by molar-refractivity contribution is 4.75. The highest BCUT2D eigenvalue weighted by atomic mass is 16.5. The second-order valence-electron chi connectivity index (χ2n) is 1.99. The summed E-state index contributed by atoms with van der Waals surface area (Å²) in [6, 6.07) is 0. The van der Waals surface area contributed by atoms with Crippen molar-refractivity contribution in [2.24, 2.45) is 0 Å². The molecule has 0 saturated carbocycles. The van der Waals surface area contributed by atoms with Gasteiger partial charge in [0.25, 0.3) is 0 Å². The molecule has 0 bridgehead atoms. The fourth-order valence-electron chi connectivity index (χ4n) is 0.687. The molecular weight excluding hydrogens is 102 g/mol. The Labute approximate surface area is 49.7 Å². The molecule has 0 spiro atoms. The monoisotopic (exact) mass is 113 g/mol. The van der Waals surface area contributed by atoms with Gasteiger partial charge in [-0.3, -0.25) is 0 Å². The van der Waals surface area contributed by atoms with E-state index in [1.54, 1.807) is 6.26 Å². The lowest BCUT2D eigenvalue weighted by molar-refractivity contribution is 0.250. The molecule has 2 heteroatoms. The van der Waals surface area contributed by atoms with Gasteiger partial charge in [0.1, 0.15) is 0 Å². The Morgan fingerprint density at radius 1 is 1.62 bits per heavy atom. The summed E-state index contributed by atoms with van der Waals surface area (Å²) in [6.45, 7) is 1.97. The average Bonchev–Trinajstić information content (AvgIpc) is 1.94. The molecule has 1 aliphatic rings. The molecule has 46 valence electrons. The molecule has 1 heterocycles. The first-order valence-electron chi connectivity index (χ1n) is 2.88. The molecule has 1 aliphatic heterocycles. The summed E-state index contributed by atoms with van der Waals surface area (Å²) < 4.78 is 5.04. The van der Waals surface area contributed by atoms with Crippen LogP contribution in [0.4, 0.5) is 0 Å². The molecule has 0 saturated heterocycles. The van der Waals surface area contributed by atoms with Gasteiger partial charge in [0, 0.05) is 19.8 Å². The molecule has 0 unspecified atom stereocenters. The van der Waals surface area contributed by atoms with Crippen LogP contribution in [0.3, 0.4) is 0 Å². The first-order chi connectivity index (χ1) is 3.89. The highest BCUT2D eigenvalue weighted by Crippen LogP contribution is 1.95. The molecule has 0 aliphatic carbocycles. The van der Waals surface area contributed by atoms with E-state index < -0.39 is 0 Å². The molecule has 0 amide bonds. The Morgan fingerprint density at radius 3 is 3.38 bits per heavy atom. The average molecular weight is 113 g/mol. The van der Waals surface area contributed by atoms with Crippen LogP contribution in [0.5, 0.6) is 0 Å². The van der Waals surface area contributed by atoms with Gasteiger partial charge in [-0.25, -0.2) is 0 Å². The Bertz CT molecular complexity index is 90.5. The number of rotatable bonds is 0. The van der Waals surface area contributed by atoms with Gasteiger partial charge >= 0.3 is 0 Å². The summed E-state index contributed by atoms with van der Waals surface area (Å²) in [5.41, 5.74) is 0. The minimum Gasteiger partial charge on any atom is -0.500 e. The van der Waals surface area contributed by atoms with Crippen LogP contribution in [0.25, 0.3) is 0 Å². The maximum Gasteiger partial charge on any atom is 0.0987 e. The van der Waals surface area contributed by atoms with Gasteiger partial charge in [-0.2, -0.15) is 0 Å². The molecule has 0 radical (unpaired) electrons. The molecule has 0 aromatic carbocycles. The van der Waals surface area contributed by atoms with E-state index in [9.17, 15) is 0 Å².